The molecule has 1 aromatic heterocycles. The summed E-state index contributed by atoms with van der Waals surface area (Å²) < 4.78 is 12.0. The maximum Gasteiger partial charge on any atom is 0.200 e. The molecule has 0 bridgehead atoms. The van der Waals surface area contributed by atoms with Gasteiger partial charge in [0.2, 0.25) is 5.75 Å². The summed E-state index contributed by atoms with van der Waals surface area (Å²) in [4.78, 5) is 3.04. The Morgan fingerprint density at radius 1 is 1.00 bits per heavy atom. The Morgan fingerprint density at radius 3 is 2.57 bits per heavy atom. The van der Waals surface area contributed by atoms with Gasteiger partial charge in [-0.2, -0.15) is 0 Å². The highest BCUT2D eigenvalue weighted by Gasteiger charge is 2.33. The molecule has 7 nitrogen and oxygen atoms in total. The number of rotatable bonds is 11. The fourth-order valence-electron chi connectivity index (χ4n) is 5.32. The number of aromatic amines is 1. The molecule has 0 saturated carbocycles. The zero-order chi connectivity index (χ0) is 26.4. The van der Waals surface area contributed by atoms with Crippen molar-refractivity contribution in [3.63, 3.8) is 0 Å². The van der Waals surface area contributed by atoms with Crippen LogP contribution in [0, 0.1) is 0 Å². The van der Waals surface area contributed by atoms with Crippen LogP contribution in [0.2, 0.25) is 0 Å². The minimum atomic E-state index is -0.546. The third-order valence-electron chi connectivity index (χ3n) is 7.29. The number of H-pyrrole nitrogens is 1. The average Bonchev–Trinajstić information content (AvgIpc) is 3.39. The molecule has 1 aliphatic heterocycles. The first-order valence-corrected chi connectivity index (χ1v) is 13.3. The highest BCUT2D eigenvalue weighted by atomic mass is 16.5. The Bertz CT molecular complexity index is 1160. The van der Waals surface area contributed by atoms with Crippen molar-refractivity contribution in [2.75, 3.05) is 7.11 Å². The number of unbranched alkanes of at least 4 members (excludes halogenated alkanes) is 2. The third kappa shape index (κ3) is 6.59. The molecule has 0 aliphatic carbocycles. The van der Waals surface area contributed by atoms with Gasteiger partial charge in [-0.15, -0.1) is 0 Å². The van der Waals surface area contributed by atoms with Crippen LogP contribution < -0.4 is 4.74 Å². The van der Waals surface area contributed by atoms with Gasteiger partial charge in [-0.1, -0.05) is 31.9 Å². The fraction of sp³-hybridized carbons (Fsp3) is 0.467. The van der Waals surface area contributed by atoms with Crippen LogP contribution in [0.3, 0.4) is 0 Å². The van der Waals surface area contributed by atoms with Gasteiger partial charge >= 0.3 is 0 Å². The van der Waals surface area contributed by atoms with Crippen molar-refractivity contribution in [1.82, 2.24) is 4.98 Å². The molecule has 7 heteroatoms. The van der Waals surface area contributed by atoms with E-state index >= 15 is 0 Å². The van der Waals surface area contributed by atoms with Crippen LogP contribution in [0.1, 0.15) is 79.4 Å². The summed E-state index contributed by atoms with van der Waals surface area (Å²) in [5, 5.41) is 41.9. The Hall–Kier alpha value is -3.16. The minimum absolute atomic E-state index is 0.173. The van der Waals surface area contributed by atoms with Crippen LogP contribution in [-0.2, 0) is 24.0 Å². The molecular weight excluding hydrogens is 470 g/mol. The molecule has 0 radical (unpaired) electrons. The number of nitrogens with one attached hydrogen (secondary N) is 1. The summed E-state index contributed by atoms with van der Waals surface area (Å²) in [6.45, 7) is 2.17. The third-order valence-corrected chi connectivity index (χ3v) is 7.29. The van der Waals surface area contributed by atoms with Gasteiger partial charge in [0.15, 0.2) is 11.5 Å². The van der Waals surface area contributed by atoms with E-state index < -0.39 is 12.2 Å². The van der Waals surface area contributed by atoms with Crippen LogP contribution >= 0.6 is 0 Å². The summed E-state index contributed by atoms with van der Waals surface area (Å²) in [6, 6.07) is 9.28. The van der Waals surface area contributed by atoms with Crippen molar-refractivity contribution in [3.8, 4) is 23.0 Å². The van der Waals surface area contributed by atoms with Crippen LogP contribution in [0.5, 0.6) is 23.0 Å². The lowest BCUT2D eigenvalue weighted by Crippen LogP contribution is -2.32. The molecule has 4 rings (SSSR count). The number of hydrogen-bond acceptors (Lipinski definition) is 6. The molecule has 5 N–H and O–H groups in total. The van der Waals surface area contributed by atoms with Gasteiger partial charge in [0.25, 0.3) is 0 Å². The monoisotopic (exact) mass is 509 g/mol. The number of aliphatic hydroxyl groups is 1. The molecule has 1 aliphatic rings. The van der Waals surface area contributed by atoms with Crippen LogP contribution in [0.25, 0.3) is 0 Å². The number of methoxy groups -OCH3 is 1. The molecule has 3 atom stereocenters. The second kappa shape index (κ2) is 12.4. The van der Waals surface area contributed by atoms with Gasteiger partial charge < -0.3 is 34.9 Å². The van der Waals surface area contributed by atoms with E-state index in [9.17, 15) is 20.4 Å². The Kier molecular flexibility index (Phi) is 9.00. The van der Waals surface area contributed by atoms with Gasteiger partial charge in [-0.3, -0.25) is 0 Å². The highest BCUT2D eigenvalue weighted by molar-refractivity contribution is 5.59. The summed E-state index contributed by atoms with van der Waals surface area (Å²) in [5.74, 6) is -0.00672. The molecule has 200 valence electrons. The number of aromatic hydroxyl groups is 3. The average molecular weight is 510 g/mol. The van der Waals surface area contributed by atoms with Crippen LogP contribution in [0.4, 0.5) is 0 Å². The number of benzene rings is 2. The summed E-state index contributed by atoms with van der Waals surface area (Å²) >= 11 is 0. The van der Waals surface area contributed by atoms with Gasteiger partial charge in [0.1, 0.15) is 5.75 Å². The molecule has 0 amide bonds. The maximum absolute atomic E-state index is 10.7. The normalized spacial score (nSPS) is 19.7. The molecular formula is C30H39NO6. The smallest absolute Gasteiger partial charge is 0.200 e. The van der Waals surface area contributed by atoms with Crippen molar-refractivity contribution >= 4 is 0 Å². The number of ether oxygens (including phenoxy) is 2. The van der Waals surface area contributed by atoms with Crippen LogP contribution in [0.15, 0.2) is 42.7 Å². The molecule has 1 fully saturated rings. The molecule has 2 heterocycles. The number of aliphatic hydroxyl groups excluding tert-OH is 1. The molecule has 2 aromatic carbocycles. The van der Waals surface area contributed by atoms with Gasteiger partial charge in [0.05, 0.1) is 25.4 Å². The van der Waals surface area contributed by atoms with E-state index in [4.69, 9.17) is 9.47 Å². The van der Waals surface area contributed by atoms with Crippen molar-refractivity contribution in [3.05, 3.63) is 70.5 Å². The van der Waals surface area contributed by atoms with E-state index in [0.717, 1.165) is 60.8 Å². The number of phenolic OH excluding ortho intramolecular Hbond substituents is 3. The molecule has 3 aromatic rings. The predicted octanol–water partition coefficient (Wildman–Crippen LogP) is 5.68. The molecule has 1 saturated heterocycles. The molecule has 0 unspecified atom stereocenters. The zero-order valence-corrected chi connectivity index (χ0v) is 21.7. The summed E-state index contributed by atoms with van der Waals surface area (Å²) in [6.07, 6.45) is 9.64. The summed E-state index contributed by atoms with van der Waals surface area (Å²) in [5.41, 5.74) is 4.56. The fourth-order valence-corrected chi connectivity index (χ4v) is 5.32. The van der Waals surface area contributed by atoms with E-state index in [2.05, 4.69) is 18.0 Å². The number of aryl methyl sites for hydroxylation is 2. The zero-order valence-electron chi connectivity index (χ0n) is 21.7. The largest absolute Gasteiger partial charge is 0.508 e. The number of aromatic nitrogens is 1. The van der Waals surface area contributed by atoms with E-state index in [0.29, 0.717) is 30.6 Å². The predicted molar refractivity (Wildman–Crippen MR) is 142 cm³/mol. The van der Waals surface area contributed by atoms with E-state index in [1.54, 1.807) is 6.07 Å². The maximum atomic E-state index is 10.7. The SMILES string of the molecule is CCCCCc1cc(CC[C@H]2C[C@@H](O)C[C@@H](c3cc(O)c(O)c(OC)c3Cc3cc[nH]c3)O2)ccc1O. The second-order valence-electron chi connectivity index (χ2n) is 10.1. The van der Waals surface area contributed by atoms with Crippen molar-refractivity contribution in [2.24, 2.45) is 0 Å². The van der Waals surface area contributed by atoms with E-state index in [1.807, 2.05) is 24.5 Å². The lowest BCUT2D eigenvalue weighted by Gasteiger charge is -2.35. The van der Waals surface area contributed by atoms with Gasteiger partial charge in [-0.05, 0) is 72.6 Å². The summed E-state index contributed by atoms with van der Waals surface area (Å²) in [7, 11) is 1.46. The van der Waals surface area contributed by atoms with Crippen LogP contribution in [-0.4, -0.2) is 44.7 Å². The van der Waals surface area contributed by atoms with Gasteiger partial charge in [-0.25, -0.2) is 0 Å². The first kappa shape index (κ1) is 26.9. The van der Waals surface area contributed by atoms with Crippen molar-refractivity contribution < 1.29 is 29.9 Å². The Morgan fingerprint density at radius 2 is 1.84 bits per heavy atom. The molecule has 37 heavy (non-hydrogen) atoms. The first-order chi connectivity index (χ1) is 17.9. The number of phenols is 3. The Balaban J connectivity index is 1.52. The second-order valence-corrected chi connectivity index (χ2v) is 10.1. The minimum Gasteiger partial charge on any atom is -0.508 e. The van der Waals surface area contributed by atoms with Crippen molar-refractivity contribution in [2.45, 2.75) is 83.0 Å². The lowest BCUT2D eigenvalue weighted by molar-refractivity contribution is -0.100. The first-order valence-electron chi connectivity index (χ1n) is 13.3. The molecule has 0 spiro atoms. The van der Waals surface area contributed by atoms with E-state index in [1.165, 1.54) is 13.2 Å². The number of hydrogen-bond donors (Lipinski definition) is 5. The standard InChI is InChI=1S/C30H39NO6/c1-3-4-5-6-21-13-19(8-10-26(21)33)7-9-23-15-22(32)16-28(37-23)24-17-27(34)29(35)30(36-2)25(24)14-20-11-12-31-18-20/h8,10-13,17-18,22-23,28,31-35H,3-7,9,14-16H2,1-2H3/t22-,23+,28+/m1/s1. The Labute approximate surface area is 218 Å². The highest BCUT2D eigenvalue weighted by Crippen LogP contribution is 2.46. The van der Waals surface area contributed by atoms with Crippen molar-refractivity contribution in [1.29, 1.82) is 0 Å². The van der Waals surface area contributed by atoms with E-state index in [-0.39, 0.29) is 23.4 Å². The quantitative estimate of drug-likeness (QED) is 0.168. The lowest BCUT2D eigenvalue weighted by atomic mass is 9.89. The topological polar surface area (TPSA) is 115 Å². The van der Waals surface area contributed by atoms with Gasteiger partial charge in [0, 0.05) is 30.8 Å².